The third-order valence-corrected chi connectivity index (χ3v) is 4.72. The maximum Gasteiger partial charge on any atom is 0.0250 e. The Bertz CT molecular complexity index is 427. The molecule has 1 aliphatic heterocycles. The molecule has 1 N–H and O–H groups in total. The summed E-state index contributed by atoms with van der Waals surface area (Å²) >= 11 is 0. The van der Waals surface area contributed by atoms with Crippen LogP contribution in [0.3, 0.4) is 0 Å². The molecule has 0 bridgehead atoms. The van der Waals surface area contributed by atoms with E-state index in [0.29, 0.717) is 12.1 Å². The summed E-state index contributed by atoms with van der Waals surface area (Å²) in [5.74, 6) is 0. The van der Waals surface area contributed by atoms with Gasteiger partial charge in [0.2, 0.25) is 0 Å². The van der Waals surface area contributed by atoms with E-state index >= 15 is 0 Å². The van der Waals surface area contributed by atoms with Crippen LogP contribution >= 0.6 is 0 Å². The Morgan fingerprint density at radius 3 is 2.75 bits per heavy atom. The Hall–Kier alpha value is -0.860. The van der Waals surface area contributed by atoms with Crippen LogP contribution in [0.2, 0.25) is 0 Å². The molecule has 1 heterocycles. The number of likely N-dealkylation sites (tertiary alicyclic amines) is 1. The molecule has 20 heavy (non-hydrogen) atoms. The Labute approximate surface area is 124 Å². The maximum absolute atomic E-state index is 3.61. The Kier molecular flexibility index (Phi) is 5.62. The molecule has 2 heteroatoms. The van der Waals surface area contributed by atoms with Crippen molar-refractivity contribution in [3.8, 4) is 0 Å². The summed E-state index contributed by atoms with van der Waals surface area (Å²) in [6, 6.07) is 8.19. The maximum atomic E-state index is 3.61. The second-order valence-corrected chi connectivity index (χ2v) is 6.30. The van der Waals surface area contributed by atoms with Crippen LogP contribution in [0, 0.1) is 13.8 Å². The molecule has 2 nitrogen and oxygen atoms in total. The van der Waals surface area contributed by atoms with Gasteiger partial charge in [0.05, 0.1) is 0 Å². The van der Waals surface area contributed by atoms with E-state index in [1.807, 2.05) is 0 Å². The molecule has 0 aliphatic carbocycles. The number of piperidine rings is 1. The number of aryl methyl sites for hydroxylation is 2. The minimum atomic E-state index is 0.590. The number of nitrogens with zero attached hydrogens (tertiary/aromatic N) is 1. The normalized spacial score (nSPS) is 21.9. The predicted molar refractivity (Wildman–Crippen MR) is 87.1 cm³/mol. The largest absolute Gasteiger partial charge is 0.313 e. The zero-order chi connectivity index (χ0) is 14.5. The Morgan fingerprint density at radius 2 is 2.05 bits per heavy atom. The molecular formula is C18H30N2. The highest BCUT2D eigenvalue weighted by atomic mass is 15.2. The highest BCUT2D eigenvalue weighted by Gasteiger charge is 2.26. The van der Waals surface area contributed by atoms with E-state index in [4.69, 9.17) is 0 Å². The first-order valence-electron chi connectivity index (χ1n) is 8.15. The van der Waals surface area contributed by atoms with E-state index in [0.717, 1.165) is 13.1 Å². The highest BCUT2D eigenvalue weighted by Crippen LogP contribution is 2.23. The van der Waals surface area contributed by atoms with E-state index in [-0.39, 0.29) is 0 Å². The van der Waals surface area contributed by atoms with E-state index in [1.165, 1.54) is 42.5 Å². The minimum absolute atomic E-state index is 0.590. The first kappa shape index (κ1) is 15.5. The van der Waals surface area contributed by atoms with Crippen molar-refractivity contribution in [2.75, 3.05) is 13.1 Å². The fraction of sp³-hybridized carbons (Fsp3) is 0.667. The molecule has 1 aliphatic rings. The SMILES string of the molecule is CCNC(C)C1CCCCN1Cc1ccc(C)c(C)c1. The third-order valence-electron chi connectivity index (χ3n) is 4.72. The van der Waals surface area contributed by atoms with Crippen molar-refractivity contribution in [2.45, 2.75) is 65.6 Å². The summed E-state index contributed by atoms with van der Waals surface area (Å²) < 4.78 is 0. The molecule has 0 radical (unpaired) electrons. The van der Waals surface area contributed by atoms with Crippen molar-refractivity contribution in [2.24, 2.45) is 0 Å². The van der Waals surface area contributed by atoms with Crippen molar-refractivity contribution in [1.82, 2.24) is 10.2 Å². The van der Waals surface area contributed by atoms with Gasteiger partial charge in [0.15, 0.2) is 0 Å². The van der Waals surface area contributed by atoms with Crippen LogP contribution in [0.1, 0.15) is 49.8 Å². The van der Waals surface area contributed by atoms with Gasteiger partial charge in [-0.2, -0.15) is 0 Å². The molecule has 2 atom stereocenters. The Balaban J connectivity index is 2.06. The van der Waals surface area contributed by atoms with Gasteiger partial charge in [0, 0.05) is 18.6 Å². The van der Waals surface area contributed by atoms with E-state index in [1.54, 1.807) is 0 Å². The van der Waals surface area contributed by atoms with E-state index < -0.39 is 0 Å². The summed E-state index contributed by atoms with van der Waals surface area (Å²) in [6.45, 7) is 12.4. The molecule has 0 saturated carbocycles. The highest BCUT2D eigenvalue weighted by molar-refractivity contribution is 5.29. The van der Waals surface area contributed by atoms with Crippen LogP contribution in [-0.4, -0.2) is 30.1 Å². The van der Waals surface area contributed by atoms with E-state index in [9.17, 15) is 0 Å². The standard InChI is InChI=1S/C18H30N2/c1-5-19-16(4)18-8-6-7-11-20(18)13-17-10-9-14(2)15(3)12-17/h9-10,12,16,18-19H,5-8,11,13H2,1-4H3. The molecule has 1 fully saturated rings. The van der Waals surface area contributed by atoms with Crippen LogP contribution in [0.5, 0.6) is 0 Å². The van der Waals surface area contributed by atoms with Gasteiger partial charge in [-0.25, -0.2) is 0 Å². The summed E-state index contributed by atoms with van der Waals surface area (Å²) in [6.07, 6.45) is 4.06. The third kappa shape index (κ3) is 3.83. The molecule has 1 aromatic rings. The van der Waals surface area contributed by atoms with Gasteiger partial charge in [-0.1, -0.05) is 31.5 Å². The van der Waals surface area contributed by atoms with Gasteiger partial charge in [-0.05, 0) is 63.4 Å². The lowest BCUT2D eigenvalue weighted by molar-refractivity contribution is 0.112. The summed E-state index contributed by atoms with van der Waals surface area (Å²) in [5.41, 5.74) is 4.27. The second-order valence-electron chi connectivity index (χ2n) is 6.30. The average Bonchev–Trinajstić information content (AvgIpc) is 2.44. The van der Waals surface area contributed by atoms with Crippen molar-refractivity contribution in [3.63, 3.8) is 0 Å². The summed E-state index contributed by atoms with van der Waals surface area (Å²) in [7, 11) is 0. The number of nitrogens with one attached hydrogen (secondary N) is 1. The molecule has 1 saturated heterocycles. The summed E-state index contributed by atoms with van der Waals surface area (Å²) in [5, 5.41) is 3.61. The summed E-state index contributed by atoms with van der Waals surface area (Å²) in [4.78, 5) is 2.68. The van der Waals surface area contributed by atoms with Crippen molar-refractivity contribution < 1.29 is 0 Å². The predicted octanol–water partition coefficient (Wildman–Crippen LogP) is 3.66. The monoisotopic (exact) mass is 274 g/mol. The molecular weight excluding hydrogens is 244 g/mol. The lowest BCUT2D eigenvalue weighted by Crippen LogP contribution is -2.50. The first-order valence-corrected chi connectivity index (χ1v) is 8.15. The van der Waals surface area contributed by atoms with Crippen LogP contribution in [0.25, 0.3) is 0 Å². The van der Waals surface area contributed by atoms with Crippen molar-refractivity contribution in [3.05, 3.63) is 34.9 Å². The number of hydrogen-bond acceptors (Lipinski definition) is 2. The molecule has 1 aromatic carbocycles. The number of likely N-dealkylation sites (N-methyl/N-ethyl adjacent to an activating group) is 1. The molecule has 2 unspecified atom stereocenters. The van der Waals surface area contributed by atoms with Gasteiger partial charge >= 0.3 is 0 Å². The van der Waals surface area contributed by atoms with E-state index in [2.05, 4.69) is 56.1 Å². The van der Waals surface area contributed by atoms with Crippen LogP contribution in [0.15, 0.2) is 18.2 Å². The average molecular weight is 274 g/mol. The van der Waals surface area contributed by atoms with Gasteiger partial charge in [-0.3, -0.25) is 4.90 Å². The van der Waals surface area contributed by atoms with Crippen molar-refractivity contribution >= 4 is 0 Å². The number of rotatable bonds is 5. The van der Waals surface area contributed by atoms with Gasteiger partial charge in [0.1, 0.15) is 0 Å². The van der Waals surface area contributed by atoms with Gasteiger partial charge in [-0.15, -0.1) is 0 Å². The number of hydrogen-bond donors (Lipinski definition) is 1. The molecule has 0 amide bonds. The van der Waals surface area contributed by atoms with Crippen LogP contribution in [0.4, 0.5) is 0 Å². The lowest BCUT2D eigenvalue weighted by Gasteiger charge is -2.39. The van der Waals surface area contributed by atoms with Crippen molar-refractivity contribution in [1.29, 1.82) is 0 Å². The number of benzene rings is 1. The van der Waals surface area contributed by atoms with Gasteiger partial charge < -0.3 is 5.32 Å². The zero-order valence-electron chi connectivity index (χ0n) is 13.6. The fourth-order valence-electron chi connectivity index (χ4n) is 3.37. The second kappa shape index (κ2) is 7.24. The smallest absolute Gasteiger partial charge is 0.0250 e. The quantitative estimate of drug-likeness (QED) is 0.881. The fourth-order valence-corrected chi connectivity index (χ4v) is 3.37. The first-order chi connectivity index (χ1) is 9.61. The van der Waals surface area contributed by atoms with Crippen LogP contribution in [-0.2, 0) is 6.54 Å². The molecule has 0 spiro atoms. The zero-order valence-corrected chi connectivity index (χ0v) is 13.6. The molecule has 112 valence electrons. The molecule has 2 rings (SSSR count). The molecule has 0 aromatic heterocycles. The lowest BCUT2D eigenvalue weighted by atomic mass is 9.95. The Morgan fingerprint density at radius 1 is 1.25 bits per heavy atom. The topological polar surface area (TPSA) is 15.3 Å². The minimum Gasteiger partial charge on any atom is -0.313 e. The van der Waals surface area contributed by atoms with Crippen LogP contribution < -0.4 is 5.32 Å². The van der Waals surface area contributed by atoms with Gasteiger partial charge in [0.25, 0.3) is 0 Å².